The van der Waals surface area contributed by atoms with E-state index in [9.17, 15) is 9.59 Å². The van der Waals surface area contributed by atoms with E-state index in [1.54, 1.807) is 24.5 Å². The smallest absolute Gasteiger partial charge is 0.251 e. The first-order valence-corrected chi connectivity index (χ1v) is 11.4. The molecule has 3 aromatic rings. The number of carbonyl (C=O) groups is 2. The number of hydrogen-bond donors (Lipinski definition) is 2. The van der Waals surface area contributed by atoms with Crippen molar-refractivity contribution in [2.24, 2.45) is 5.92 Å². The summed E-state index contributed by atoms with van der Waals surface area (Å²) in [6.07, 6.45) is 3.12. The number of nitrogens with one attached hydrogen (secondary N) is 2. The monoisotopic (exact) mass is 453 g/mol. The Morgan fingerprint density at radius 2 is 1.88 bits per heavy atom. The van der Waals surface area contributed by atoms with Gasteiger partial charge in [-0.25, -0.2) is 9.97 Å². The minimum absolute atomic E-state index is 0.0923. The molecule has 9 nitrogen and oxygen atoms in total. The molecule has 2 amide bonds. The lowest BCUT2D eigenvalue weighted by molar-refractivity contribution is -0.113. The summed E-state index contributed by atoms with van der Waals surface area (Å²) in [7, 11) is 0. The third kappa shape index (κ3) is 5.91. The van der Waals surface area contributed by atoms with Crippen molar-refractivity contribution in [3.63, 3.8) is 0 Å². The summed E-state index contributed by atoms with van der Waals surface area (Å²) in [6.45, 7) is 8.59. The zero-order valence-electron chi connectivity index (χ0n) is 18.6. The molecule has 1 atom stereocenters. The maximum absolute atomic E-state index is 12.8. The van der Waals surface area contributed by atoms with Crippen molar-refractivity contribution in [2.45, 2.75) is 45.4 Å². The average Bonchev–Trinajstić information content (AvgIpc) is 3.18. The number of thioether (sulfide) groups is 1. The van der Waals surface area contributed by atoms with Crippen LogP contribution in [0.5, 0.6) is 0 Å². The maximum atomic E-state index is 12.8. The van der Waals surface area contributed by atoms with E-state index in [0.717, 1.165) is 5.56 Å². The molecule has 2 N–H and O–H groups in total. The number of hydrogen-bond acceptors (Lipinski definition) is 7. The second kappa shape index (κ2) is 10.9. The molecule has 0 unspecified atom stereocenters. The predicted octanol–water partition coefficient (Wildman–Crippen LogP) is 3.25. The molecular weight excluding hydrogens is 426 g/mol. The summed E-state index contributed by atoms with van der Waals surface area (Å²) >= 11 is 1.28. The molecule has 0 saturated carbocycles. The first-order chi connectivity index (χ1) is 15.4. The number of benzene rings is 1. The van der Waals surface area contributed by atoms with Crippen LogP contribution in [0.3, 0.4) is 0 Å². The van der Waals surface area contributed by atoms with Crippen LogP contribution in [-0.2, 0) is 11.3 Å². The number of amides is 2. The fourth-order valence-corrected chi connectivity index (χ4v) is 3.94. The zero-order chi connectivity index (χ0) is 23.1. The quantitative estimate of drug-likeness (QED) is 0.478. The molecule has 32 heavy (non-hydrogen) atoms. The van der Waals surface area contributed by atoms with Crippen LogP contribution in [0.4, 0.5) is 5.95 Å². The van der Waals surface area contributed by atoms with Crippen LogP contribution in [0.25, 0.3) is 0 Å². The first kappa shape index (κ1) is 23.4. The van der Waals surface area contributed by atoms with Crippen molar-refractivity contribution >= 4 is 29.5 Å². The Morgan fingerprint density at radius 1 is 1.12 bits per heavy atom. The molecule has 0 saturated heterocycles. The van der Waals surface area contributed by atoms with Gasteiger partial charge < -0.3 is 9.88 Å². The average molecular weight is 454 g/mol. The molecule has 0 aliphatic heterocycles. The molecule has 168 valence electrons. The van der Waals surface area contributed by atoms with E-state index in [0.29, 0.717) is 23.1 Å². The van der Waals surface area contributed by atoms with Crippen molar-refractivity contribution in [1.29, 1.82) is 0 Å². The molecule has 1 aromatic carbocycles. The molecule has 2 aromatic heterocycles. The van der Waals surface area contributed by atoms with Gasteiger partial charge in [-0.1, -0.05) is 43.3 Å². The van der Waals surface area contributed by atoms with Crippen LogP contribution >= 0.6 is 11.8 Å². The summed E-state index contributed by atoms with van der Waals surface area (Å²) < 4.78 is 1.93. The Labute approximate surface area is 191 Å². The Balaban J connectivity index is 1.72. The van der Waals surface area contributed by atoms with E-state index in [4.69, 9.17) is 0 Å². The van der Waals surface area contributed by atoms with E-state index in [2.05, 4.69) is 30.8 Å². The van der Waals surface area contributed by atoms with E-state index in [1.807, 2.05) is 50.5 Å². The van der Waals surface area contributed by atoms with Gasteiger partial charge in [-0.15, -0.1) is 10.2 Å². The van der Waals surface area contributed by atoms with Crippen LogP contribution in [0.2, 0.25) is 0 Å². The minimum Gasteiger partial charge on any atom is -0.342 e. The highest BCUT2D eigenvalue weighted by Gasteiger charge is 2.26. The van der Waals surface area contributed by atoms with E-state index >= 15 is 0 Å². The van der Waals surface area contributed by atoms with Gasteiger partial charge >= 0.3 is 0 Å². The largest absolute Gasteiger partial charge is 0.342 e. The third-order valence-corrected chi connectivity index (χ3v) is 5.69. The Bertz CT molecular complexity index is 1070. The van der Waals surface area contributed by atoms with E-state index < -0.39 is 0 Å². The second-order valence-corrected chi connectivity index (χ2v) is 8.50. The van der Waals surface area contributed by atoms with Gasteiger partial charge in [-0.2, -0.15) is 0 Å². The lowest BCUT2D eigenvalue weighted by Gasteiger charge is -2.22. The molecular formula is C22H27N7O2S. The first-order valence-electron chi connectivity index (χ1n) is 10.4. The van der Waals surface area contributed by atoms with E-state index in [-0.39, 0.29) is 35.5 Å². The van der Waals surface area contributed by atoms with Crippen LogP contribution in [-0.4, -0.2) is 42.3 Å². The fourth-order valence-electron chi connectivity index (χ4n) is 3.13. The van der Waals surface area contributed by atoms with Gasteiger partial charge in [0.25, 0.3) is 5.91 Å². The Hall–Kier alpha value is -3.27. The van der Waals surface area contributed by atoms with Gasteiger partial charge in [-0.05, 0) is 38.0 Å². The number of nitrogens with zero attached hydrogens (tertiary/aromatic N) is 5. The normalized spacial score (nSPS) is 11.9. The lowest BCUT2D eigenvalue weighted by atomic mass is 10.0. The maximum Gasteiger partial charge on any atom is 0.251 e. The highest BCUT2D eigenvalue weighted by Crippen LogP contribution is 2.25. The minimum atomic E-state index is -0.323. The molecule has 0 radical (unpaired) electrons. The van der Waals surface area contributed by atoms with Crippen LogP contribution in [0.1, 0.15) is 48.6 Å². The summed E-state index contributed by atoms with van der Waals surface area (Å²) in [4.78, 5) is 33.1. The van der Waals surface area contributed by atoms with Crippen molar-refractivity contribution in [3.05, 3.63) is 59.7 Å². The van der Waals surface area contributed by atoms with Crippen LogP contribution < -0.4 is 10.6 Å². The van der Waals surface area contributed by atoms with Gasteiger partial charge in [0, 0.05) is 24.5 Å². The Kier molecular flexibility index (Phi) is 7.93. The van der Waals surface area contributed by atoms with Crippen molar-refractivity contribution in [1.82, 2.24) is 30.0 Å². The molecule has 10 heteroatoms. The van der Waals surface area contributed by atoms with Gasteiger partial charge in [0.1, 0.15) is 0 Å². The highest BCUT2D eigenvalue weighted by molar-refractivity contribution is 7.99. The van der Waals surface area contributed by atoms with Crippen molar-refractivity contribution in [3.8, 4) is 0 Å². The topological polar surface area (TPSA) is 115 Å². The molecule has 2 heterocycles. The second-order valence-electron chi connectivity index (χ2n) is 7.56. The van der Waals surface area contributed by atoms with Gasteiger partial charge in [-0.3, -0.25) is 14.9 Å². The molecule has 0 bridgehead atoms. The number of anilines is 1. The van der Waals surface area contributed by atoms with Gasteiger partial charge in [0.05, 0.1) is 11.8 Å². The van der Waals surface area contributed by atoms with Gasteiger partial charge in [0.15, 0.2) is 11.0 Å². The number of rotatable bonds is 9. The lowest BCUT2D eigenvalue weighted by Crippen LogP contribution is -2.33. The Morgan fingerprint density at radius 3 is 2.53 bits per heavy atom. The zero-order valence-corrected chi connectivity index (χ0v) is 19.4. The molecule has 0 spiro atoms. The summed E-state index contributed by atoms with van der Waals surface area (Å²) in [5.74, 6) is 0.760. The van der Waals surface area contributed by atoms with Crippen molar-refractivity contribution in [2.75, 3.05) is 11.1 Å². The molecule has 0 fully saturated rings. The SMILES string of the molecule is CCn1c(SCC(=O)Nc2ncccn2)nnc1[C@H](NC(=O)c1cccc(C)c1)C(C)C. The highest BCUT2D eigenvalue weighted by atomic mass is 32.2. The van der Waals surface area contributed by atoms with Gasteiger partial charge in [0.2, 0.25) is 11.9 Å². The van der Waals surface area contributed by atoms with Crippen molar-refractivity contribution < 1.29 is 9.59 Å². The van der Waals surface area contributed by atoms with E-state index in [1.165, 1.54) is 11.8 Å². The summed E-state index contributed by atoms with van der Waals surface area (Å²) in [5.41, 5.74) is 1.63. The molecule has 0 aliphatic carbocycles. The molecule has 3 rings (SSSR count). The van der Waals surface area contributed by atoms with Crippen LogP contribution in [0, 0.1) is 12.8 Å². The standard InChI is InChI=1S/C22H27N7O2S/c1-5-29-19(18(14(2)3)26-20(31)16-9-6-8-15(4)12-16)27-28-22(29)32-13-17(30)25-21-23-10-7-11-24-21/h6-12,14,18H,5,13H2,1-4H3,(H,26,31)(H,23,24,25,30)/t18-/m1/s1. The fraction of sp³-hybridized carbons (Fsp3) is 0.364. The summed E-state index contributed by atoms with van der Waals surface area (Å²) in [5, 5.41) is 15.0. The predicted molar refractivity (Wildman–Crippen MR) is 123 cm³/mol. The number of aryl methyl sites for hydroxylation is 1. The number of aromatic nitrogens is 5. The molecule has 0 aliphatic rings. The van der Waals surface area contributed by atoms with Crippen LogP contribution in [0.15, 0.2) is 47.9 Å². The number of carbonyl (C=O) groups excluding carboxylic acids is 2. The summed E-state index contributed by atoms with van der Waals surface area (Å²) in [6, 6.07) is 8.82. The third-order valence-electron chi connectivity index (χ3n) is 4.72.